The van der Waals surface area contributed by atoms with Gasteiger partial charge >= 0.3 is 11.4 Å². The highest BCUT2D eigenvalue weighted by Gasteiger charge is 2.30. The molecule has 0 saturated heterocycles. The SMILES string of the molecule is CC(C)SC(=O)OC1/C=C/CCCC(/C2=C\CCCCCC2OC(=O)NC(C)(C)C)C1. The van der Waals surface area contributed by atoms with Gasteiger partial charge in [0, 0.05) is 10.8 Å². The Bertz CT molecular complexity index is 650. The largest absolute Gasteiger partial charge is 0.450 e. The molecule has 0 aromatic carbocycles. The van der Waals surface area contributed by atoms with Gasteiger partial charge in [-0.1, -0.05) is 32.4 Å². The van der Waals surface area contributed by atoms with Crippen LogP contribution in [0.5, 0.6) is 0 Å². The molecule has 3 unspecified atom stereocenters. The minimum Gasteiger partial charge on any atom is -0.450 e. The molecule has 176 valence electrons. The lowest BCUT2D eigenvalue weighted by molar-refractivity contribution is 0.0899. The molecule has 3 atom stereocenters. The molecule has 1 amide bonds. The summed E-state index contributed by atoms with van der Waals surface area (Å²) in [6.07, 6.45) is 14.7. The van der Waals surface area contributed by atoms with Crippen molar-refractivity contribution in [2.45, 2.75) is 115 Å². The van der Waals surface area contributed by atoms with Gasteiger partial charge < -0.3 is 14.8 Å². The van der Waals surface area contributed by atoms with E-state index in [1.165, 1.54) is 23.8 Å². The van der Waals surface area contributed by atoms with Crippen molar-refractivity contribution in [3.05, 3.63) is 23.8 Å². The highest BCUT2D eigenvalue weighted by Crippen LogP contribution is 2.34. The molecule has 0 saturated carbocycles. The summed E-state index contributed by atoms with van der Waals surface area (Å²) in [4.78, 5) is 24.8. The van der Waals surface area contributed by atoms with Crippen LogP contribution in [-0.2, 0) is 9.47 Å². The van der Waals surface area contributed by atoms with Gasteiger partial charge in [-0.15, -0.1) is 0 Å². The molecule has 2 rings (SSSR count). The molecular formula is C25H41NO4S. The van der Waals surface area contributed by atoms with Crippen LogP contribution in [0.2, 0.25) is 0 Å². The second kappa shape index (κ2) is 12.6. The standard InChI is InChI=1S/C25H41NO4S/c1-18(2)31-24(28)29-20-14-10-8-9-13-19(17-20)21-15-11-6-7-12-16-22(21)30-23(27)26-25(3,4)5/h10,14-15,18-20,22H,6-9,11-13,16-17H2,1-5H3,(H,26,27)/b14-10+,21-15+. The molecule has 0 aromatic rings. The molecule has 6 heteroatoms. The topological polar surface area (TPSA) is 64.6 Å². The predicted molar refractivity (Wildman–Crippen MR) is 128 cm³/mol. The van der Waals surface area contributed by atoms with E-state index < -0.39 is 0 Å². The molecule has 0 bridgehead atoms. The third-order valence-corrected chi connectivity index (χ3v) is 6.25. The molecule has 5 nitrogen and oxygen atoms in total. The van der Waals surface area contributed by atoms with Crippen LogP contribution in [0, 0.1) is 5.92 Å². The van der Waals surface area contributed by atoms with E-state index in [9.17, 15) is 9.59 Å². The molecule has 0 aromatic heterocycles. The van der Waals surface area contributed by atoms with E-state index in [0.717, 1.165) is 51.4 Å². The van der Waals surface area contributed by atoms with Crippen LogP contribution < -0.4 is 5.32 Å². The maximum atomic E-state index is 12.5. The molecule has 0 fully saturated rings. The summed E-state index contributed by atoms with van der Waals surface area (Å²) in [5, 5.41) is 2.92. The fraction of sp³-hybridized carbons (Fsp3) is 0.760. The van der Waals surface area contributed by atoms with Gasteiger partial charge in [-0.05, 0) is 101 Å². The Kier molecular flexibility index (Phi) is 10.5. The fourth-order valence-corrected chi connectivity index (χ4v) is 4.74. The van der Waals surface area contributed by atoms with Crippen LogP contribution in [0.1, 0.15) is 92.4 Å². The normalized spacial score (nSPS) is 28.2. The van der Waals surface area contributed by atoms with Crippen molar-refractivity contribution < 1.29 is 19.1 Å². The monoisotopic (exact) mass is 451 g/mol. The first-order valence-electron chi connectivity index (χ1n) is 11.9. The summed E-state index contributed by atoms with van der Waals surface area (Å²) >= 11 is 1.23. The van der Waals surface area contributed by atoms with Gasteiger partial charge in [-0.25, -0.2) is 9.59 Å². The van der Waals surface area contributed by atoms with Crippen LogP contribution in [0.25, 0.3) is 0 Å². The number of ether oxygens (including phenoxy) is 2. The van der Waals surface area contributed by atoms with Gasteiger partial charge in [-0.2, -0.15) is 0 Å². The van der Waals surface area contributed by atoms with E-state index in [-0.39, 0.29) is 40.3 Å². The van der Waals surface area contributed by atoms with Crippen LogP contribution >= 0.6 is 11.8 Å². The van der Waals surface area contributed by atoms with E-state index in [2.05, 4.69) is 17.5 Å². The Hall–Kier alpha value is -1.43. The number of hydrogen-bond donors (Lipinski definition) is 1. The first-order chi connectivity index (χ1) is 14.6. The summed E-state index contributed by atoms with van der Waals surface area (Å²) in [7, 11) is 0. The zero-order valence-electron chi connectivity index (χ0n) is 19.9. The number of carbonyl (C=O) groups is 2. The third kappa shape index (κ3) is 10.2. The van der Waals surface area contributed by atoms with Crippen LogP contribution in [0.4, 0.5) is 9.59 Å². The average Bonchev–Trinajstić information content (AvgIpc) is 2.58. The highest BCUT2D eigenvalue weighted by atomic mass is 32.2. The van der Waals surface area contributed by atoms with Crippen molar-refractivity contribution in [2.24, 2.45) is 5.92 Å². The number of rotatable bonds is 4. The summed E-state index contributed by atoms with van der Waals surface area (Å²) in [6.45, 7) is 9.86. The van der Waals surface area contributed by atoms with Crippen LogP contribution in [0.15, 0.2) is 23.8 Å². The molecule has 0 aliphatic heterocycles. The van der Waals surface area contributed by atoms with Gasteiger partial charge in [0.1, 0.15) is 12.2 Å². The Labute approximate surface area is 192 Å². The van der Waals surface area contributed by atoms with Gasteiger partial charge in [0.15, 0.2) is 0 Å². The van der Waals surface area contributed by atoms with Crippen LogP contribution in [0.3, 0.4) is 0 Å². The molecular weight excluding hydrogens is 410 g/mol. The molecule has 0 heterocycles. The third-order valence-electron chi connectivity index (χ3n) is 5.49. The highest BCUT2D eigenvalue weighted by molar-refractivity contribution is 8.13. The first kappa shape index (κ1) is 25.8. The number of allylic oxidation sites excluding steroid dienone is 2. The number of nitrogens with one attached hydrogen (secondary N) is 1. The van der Waals surface area contributed by atoms with Gasteiger partial charge in [0.25, 0.3) is 0 Å². The minimum atomic E-state index is -0.356. The Morgan fingerprint density at radius 3 is 2.55 bits per heavy atom. The summed E-state index contributed by atoms with van der Waals surface area (Å²) < 4.78 is 11.7. The van der Waals surface area contributed by atoms with Crippen molar-refractivity contribution in [1.82, 2.24) is 5.32 Å². The maximum Gasteiger partial charge on any atom is 0.408 e. The fourth-order valence-electron chi connectivity index (χ4n) is 4.18. The number of thioether (sulfide) groups is 1. The second-order valence-electron chi connectivity index (χ2n) is 9.98. The van der Waals surface area contributed by atoms with Crippen molar-refractivity contribution in [3.8, 4) is 0 Å². The van der Waals surface area contributed by atoms with Crippen LogP contribution in [-0.4, -0.2) is 34.4 Å². The number of amides is 1. The number of alkyl carbamates (subject to hydrolysis) is 1. The number of hydrogen-bond acceptors (Lipinski definition) is 5. The van der Waals surface area contributed by atoms with Gasteiger partial charge in [-0.3, -0.25) is 0 Å². The lowest BCUT2D eigenvalue weighted by Gasteiger charge is -2.32. The molecule has 0 spiro atoms. The van der Waals surface area contributed by atoms with Crippen molar-refractivity contribution in [3.63, 3.8) is 0 Å². The predicted octanol–water partition coefficient (Wildman–Crippen LogP) is 7.16. The second-order valence-corrected chi connectivity index (χ2v) is 11.5. The average molecular weight is 452 g/mol. The first-order valence-corrected chi connectivity index (χ1v) is 12.7. The van der Waals surface area contributed by atoms with E-state index in [0.29, 0.717) is 0 Å². The molecule has 2 aliphatic carbocycles. The Morgan fingerprint density at radius 2 is 1.84 bits per heavy atom. The van der Waals surface area contributed by atoms with E-state index >= 15 is 0 Å². The van der Waals surface area contributed by atoms with Gasteiger partial charge in [0.2, 0.25) is 0 Å². The van der Waals surface area contributed by atoms with E-state index in [1.807, 2.05) is 40.7 Å². The van der Waals surface area contributed by atoms with E-state index in [1.54, 1.807) is 0 Å². The molecule has 2 aliphatic rings. The van der Waals surface area contributed by atoms with E-state index in [4.69, 9.17) is 9.47 Å². The smallest absolute Gasteiger partial charge is 0.408 e. The summed E-state index contributed by atoms with van der Waals surface area (Å²) in [5.41, 5.74) is 0.887. The Morgan fingerprint density at radius 1 is 1.06 bits per heavy atom. The number of carbonyl (C=O) groups excluding carboxylic acids is 2. The molecule has 1 N–H and O–H groups in total. The lowest BCUT2D eigenvalue weighted by Crippen LogP contribution is -2.43. The zero-order chi connectivity index (χ0) is 22.9. The van der Waals surface area contributed by atoms with Crippen molar-refractivity contribution in [2.75, 3.05) is 0 Å². The minimum absolute atomic E-state index is 0.202. The Balaban J connectivity index is 2.16. The quantitative estimate of drug-likeness (QED) is 0.363. The summed E-state index contributed by atoms with van der Waals surface area (Å²) in [5.74, 6) is 0.248. The summed E-state index contributed by atoms with van der Waals surface area (Å²) in [6, 6.07) is 0. The van der Waals surface area contributed by atoms with Gasteiger partial charge in [0.05, 0.1) is 0 Å². The molecule has 0 radical (unpaired) electrons. The zero-order valence-corrected chi connectivity index (χ0v) is 20.8. The lowest BCUT2D eigenvalue weighted by atomic mass is 9.81. The van der Waals surface area contributed by atoms with Crippen molar-refractivity contribution in [1.29, 1.82) is 0 Å². The maximum absolute atomic E-state index is 12.5. The molecule has 31 heavy (non-hydrogen) atoms. The van der Waals surface area contributed by atoms with Crippen molar-refractivity contribution >= 4 is 23.2 Å².